The van der Waals surface area contributed by atoms with Gasteiger partial charge in [-0.05, 0) is 72.5 Å². The van der Waals surface area contributed by atoms with Crippen LogP contribution in [0.3, 0.4) is 0 Å². The zero-order valence-corrected chi connectivity index (χ0v) is 18.7. The van der Waals surface area contributed by atoms with Crippen molar-refractivity contribution in [3.8, 4) is 11.8 Å². The SMILES string of the molecule is C=CCc1cc(/C=C(/C#N)C(=O)Nc2ccc(C)cc2)ccc1OCc1ccc(C(=O)O)cc1. The highest BCUT2D eigenvalue weighted by Gasteiger charge is 2.11. The topological polar surface area (TPSA) is 99.4 Å². The molecule has 34 heavy (non-hydrogen) atoms. The number of rotatable bonds is 9. The number of carboxylic acids is 1. The van der Waals surface area contributed by atoms with Crippen molar-refractivity contribution in [3.05, 3.63) is 113 Å². The Morgan fingerprint density at radius 1 is 1.09 bits per heavy atom. The minimum absolute atomic E-state index is 0.0164. The second-order valence-corrected chi connectivity index (χ2v) is 7.64. The fourth-order valence-corrected chi connectivity index (χ4v) is 3.20. The summed E-state index contributed by atoms with van der Waals surface area (Å²) in [5.41, 5.74) is 4.25. The molecular formula is C28H24N2O4. The molecule has 0 atom stereocenters. The number of allylic oxidation sites excluding steroid dienone is 1. The van der Waals surface area contributed by atoms with Crippen LogP contribution in [-0.4, -0.2) is 17.0 Å². The molecule has 0 spiro atoms. The Labute approximate surface area is 198 Å². The van der Waals surface area contributed by atoms with E-state index >= 15 is 0 Å². The van der Waals surface area contributed by atoms with Crippen molar-refractivity contribution in [1.29, 1.82) is 5.26 Å². The highest BCUT2D eigenvalue weighted by Crippen LogP contribution is 2.24. The largest absolute Gasteiger partial charge is 0.489 e. The smallest absolute Gasteiger partial charge is 0.335 e. The molecule has 0 aliphatic rings. The number of carbonyl (C=O) groups is 2. The lowest BCUT2D eigenvalue weighted by molar-refractivity contribution is -0.112. The number of nitriles is 1. The Morgan fingerprint density at radius 3 is 2.41 bits per heavy atom. The van der Waals surface area contributed by atoms with Crippen LogP contribution in [0.5, 0.6) is 5.75 Å². The minimum Gasteiger partial charge on any atom is -0.489 e. The number of aryl methyl sites for hydroxylation is 1. The van der Waals surface area contributed by atoms with E-state index in [1.807, 2.05) is 31.2 Å². The number of anilines is 1. The van der Waals surface area contributed by atoms with Crippen LogP contribution >= 0.6 is 0 Å². The summed E-state index contributed by atoms with van der Waals surface area (Å²) in [6.07, 6.45) is 3.81. The zero-order chi connectivity index (χ0) is 24.5. The molecule has 3 rings (SSSR count). The monoisotopic (exact) mass is 452 g/mol. The minimum atomic E-state index is -0.978. The number of carboxylic acid groups (broad SMARTS) is 1. The lowest BCUT2D eigenvalue weighted by Gasteiger charge is -2.12. The molecule has 0 aromatic heterocycles. The quantitative estimate of drug-likeness (QED) is 0.252. The first kappa shape index (κ1) is 24.0. The molecular weight excluding hydrogens is 428 g/mol. The van der Waals surface area contributed by atoms with Crippen molar-refractivity contribution < 1.29 is 19.4 Å². The summed E-state index contributed by atoms with van der Waals surface area (Å²) in [6.45, 7) is 6.01. The molecule has 3 aromatic carbocycles. The molecule has 6 heteroatoms. The summed E-state index contributed by atoms with van der Waals surface area (Å²) < 4.78 is 5.94. The van der Waals surface area contributed by atoms with Crippen LogP contribution in [0.1, 0.15) is 32.6 Å². The molecule has 0 aliphatic carbocycles. The molecule has 0 unspecified atom stereocenters. The number of nitrogens with zero attached hydrogens (tertiary/aromatic N) is 1. The normalized spacial score (nSPS) is 10.8. The standard InChI is InChI=1S/C28H24N2O4/c1-3-4-23-15-21(16-24(17-29)27(31)30-25-12-5-19(2)6-13-25)9-14-26(23)34-18-20-7-10-22(11-8-20)28(32)33/h3,5-16H,1,4,18H2,2H3,(H,30,31)(H,32,33)/b24-16-. The Balaban J connectivity index is 1.76. The van der Waals surface area contributed by atoms with E-state index in [0.29, 0.717) is 23.4 Å². The Morgan fingerprint density at radius 2 is 1.79 bits per heavy atom. The van der Waals surface area contributed by atoms with Crippen molar-refractivity contribution >= 4 is 23.6 Å². The van der Waals surface area contributed by atoms with E-state index in [4.69, 9.17) is 9.84 Å². The molecule has 0 aliphatic heterocycles. The van der Waals surface area contributed by atoms with Gasteiger partial charge < -0.3 is 15.2 Å². The van der Waals surface area contributed by atoms with Crippen molar-refractivity contribution in [2.24, 2.45) is 0 Å². The second-order valence-electron chi connectivity index (χ2n) is 7.64. The van der Waals surface area contributed by atoms with Gasteiger partial charge in [0.2, 0.25) is 0 Å². The molecule has 0 heterocycles. The van der Waals surface area contributed by atoms with Gasteiger partial charge in [0.25, 0.3) is 5.91 Å². The van der Waals surface area contributed by atoms with Gasteiger partial charge in [-0.1, -0.05) is 42.0 Å². The van der Waals surface area contributed by atoms with Crippen LogP contribution in [0.25, 0.3) is 6.08 Å². The van der Waals surface area contributed by atoms with Gasteiger partial charge in [-0.3, -0.25) is 4.79 Å². The van der Waals surface area contributed by atoms with Crippen LogP contribution in [-0.2, 0) is 17.8 Å². The van der Waals surface area contributed by atoms with Crippen molar-refractivity contribution in [2.45, 2.75) is 20.0 Å². The number of hydrogen-bond acceptors (Lipinski definition) is 4. The summed E-state index contributed by atoms with van der Waals surface area (Å²) in [5, 5.41) is 21.3. The van der Waals surface area contributed by atoms with Crippen LogP contribution in [0.4, 0.5) is 5.69 Å². The molecule has 2 N–H and O–H groups in total. The van der Waals surface area contributed by atoms with Crippen LogP contribution < -0.4 is 10.1 Å². The van der Waals surface area contributed by atoms with E-state index in [2.05, 4.69) is 11.9 Å². The maximum atomic E-state index is 12.6. The summed E-state index contributed by atoms with van der Waals surface area (Å²) in [6, 6.07) is 21.2. The van der Waals surface area contributed by atoms with Gasteiger partial charge >= 0.3 is 5.97 Å². The molecule has 0 saturated heterocycles. The van der Waals surface area contributed by atoms with E-state index in [9.17, 15) is 14.9 Å². The van der Waals surface area contributed by atoms with E-state index < -0.39 is 11.9 Å². The summed E-state index contributed by atoms with van der Waals surface area (Å²) in [4.78, 5) is 23.5. The highest BCUT2D eigenvalue weighted by molar-refractivity contribution is 6.09. The van der Waals surface area contributed by atoms with E-state index in [1.54, 1.807) is 42.5 Å². The van der Waals surface area contributed by atoms with E-state index in [1.165, 1.54) is 18.2 Å². The highest BCUT2D eigenvalue weighted by atomic mass is 16.5. The fraction of sp³-hybridized carbons (Fsp3) is 0.107. The van der Waals surface area contributed by atoms with Gasteiger partial charge in [0, 0.05) is 5.69 Å². The molecule has 0 fully saturated rings. The first-order chi connectivity index (χ1) is 16.4. The fourth-order valence-electron chi connectivity index (χ4n) is 3.20. The van der Waals surface area contributed by atoms with Gasteiger partial charge in [-0.25, -0.2) is 4.79 Å². The van der Waals surface area contributed by atoms with Gasteiger partial charge in [-0.15, -0.1) is 6.58 Å². The first-order valence-electron chi connectivity index (χ1n) is 10.6. The first-order valence-corrected chi connectivity index (χ1v) is 10.6. The molecule has 3 aromatic rings. The van der Waals surface area contributed by atoms with Crippen LogP contribution in [0, 0.1) is 18.3 Å². The summed E-state index contributed by atoms with van der Waals surface area (Å²) in [5.74, 6) is -0.822. The number of carbonyl (C=O) groups excluding carboxylic acids is 1. The van der Waals surface area contributed by atoms with Gasteiger partial charge in [0.15, 0.2) is 0 Å². The van der Waals surface area contributed by atoms with Crippen LogP contribution in [0.2, 0.25) is 0 Å². The maximum absolute atomic E-state index is 12.6. The second kappa shape index (κ2) is 11.3. The van der Waals surface area contributed by atoms with Crippen molar-refractivity contribution in [1.82, 2.24) is 0 Å². The molecule has 0 saturated carbocycles. The Bertz CT molecular complexity index is 1270. The van der Waals surface area contributed by atoms with Gasteiger partial charge in [0.05, 0.1) is 5.56 Å². The predicted molar refractivity (Wildman–Crippen MR) is 131 cm³/mol. The van der Waals surface area contributed by atoms with Gasteiger partial charge in [-0.2, -0.15) is 5.26 Å². The summed E-state index contributed by atoms with van der Waals surface area (Å²) in [7, 11) is 0. The number of ether oxygens (including phenoxy) is 1. The molecule has 0 bridgehead atoms. The maximum Gasteiger partial charge on any atom is 0.335 e. The number of hydrogen-bond donors (Lipinski definition) is 2. The number of benzene rings is 3. The lowest BCUT2D eigenvalue weighted by Crippen LogP contribution is -2.13. The lowest BCUT2D eigenvalue weighted by atomic mass is 10.0. The third kappa shape index (κ3) is 6.44. The zero-order valence-electron chi connectivity index (χ0n) is 18.7. The van der Waals surface area contributed by atoms with Crippen molar-refractivity contribution in [3.63, 3.8) is 0 Å². The number of aromatic carboxylic acids is 1. The van der Waals surface area contributed by atoms with E-state index in [0.717, 1.165) is 16.7 Å². The summed E-state index contributed by atoms with van der Waals surface area (Å²) >= 11 is 0. The van der Waals surface area contributed by atoms with Gasteiger partial charge in [0.1, 0.15) is 24.0 Å². The third-order valence-electron chi connectivity index (χ3n) is 5.03. The molecule has 1 amide bonds. The average Bonchev–Trinajstić information content (AvgIpc) is 2.83. The van der Waals surface area contributed by atoms with E-state index in [-0.39, 0.29) is 17.7 Å². The molecule has 170 valence electrons. The average molecular weight is 453 g/mol. The molecule has 6 nitrogen and oxygen atoms in total. The Kier molecular flexibility index (Phi) is 7.98. The van der Waals surface area contributed by atoms with Crippen molar-refractivity contribution in [2.75, 3.05) is 5.32 Å². The number of amides is 1. The number of nitrogens with one attached hydrogen (secondary N) is 1. The van der Waals surface area contributed by atoms with Crippen LogP contribution in [0.15, 0.2) is 85.0 Å². The predicted octanol–water partition coefficient (Wildman–Crippen LogP) is 5.55. The third-order valence-corrected chi connectivity index (χ3v) is 5.03. The molecule has 0 radical (unpaired) electrons. The Hall–Kier alpha value is -4.63.